The third-order valence-corrected chi connectivity index (χ3v) is 4.50. The Bertz CT molecular complexity index is 30.4. The smallest absolute Gasteiger partial charge is 0.358 e. The van der Waals surface area contributed by atoms with Gasteiger partial charge in [-0.3, -0.25) is 0 Å². The van der Waals surface area contributed by atoms with E-state index in [1.807, 2.05) is 0 Å². The summed E-state index contributed by atoms with van der Waals surface area (Å²) in [5, 5.41) is 0. The van der Waals surface area contributed by atoms with Crippen molar-refractivity contribution in [3.63, 3.8) is 0 Å². The molecule has 0 radical (unpaired) electrons. The molecule has 2 heteroatoms. The molecule has 0 spiro atoms. The van der Waals surface area contributed by atoms with Gasteiger partial charge in [0.2, 0.25) is 0 Å². The van der Waals surface area contributed by atoms with Gasteiger partial charge in [0.15, 0.2) is 0 Å². The van der Waals surface area contributed by atoms with Crippen LogP contribution in [0.4, 0.5) is 0 Å². The van der Waals surface area contributed by atoms with Crippen LogP contribution in [-0.2, 0) is 22.4 Å². The van der Waals surface area contributed by atoms with E-state index in [1.54, 1.807) is 0 Å². The van der Waals surface area contributed by atoms with Crippen molar-refractivity contribution in [2.24, 2.45) is 0 Å². The molecule has 0 aromatic heterocycles. The first-order valence-corrected chi connectivity index (χ1v) is 5.30. The van der Waals surface area contributed by atoms with E-state index in [-0.39, 0.29) is 37.7 Å². The summed E-state index contributed by atoms with van der Waals surface area (Å²) in [7, 11) is 0.137. The van der Waals surface area contributed by atoms with Crippen LogP contribution in [0.2, 0.25) is 0 Å². The first kappa shape index (κ1) is 16.6. The quantitative estimate of drug-likeness (QED) is 0.424. The Labute approximate surface area is 77.1 Å². The minimum absolute atomic E-state index is 0. The van der Waals surface area contributed by atoms with Gasteiger partial charge in [-0.25, -0.2) is 0 Å². The minimum atomic E-state index is 0. The van der Waals surface area contributed by atoms with Gasteiger partial charge < -0.3 is 7.43 Å². The van der Waals surface area contributed by atoms with Gasteiger partial charge in [0.25, 0.3) is 0 Å². The largest absolute Gasteiger partial charge is 1.00 e. The summed E-state index contributed by atoms with van der Waals surface area (Å²) < 4.78 is 0. The van der Waals surface area contributed by atoms with E-state index in [9.17, 15) is 0 Å². The van der Waals surface area contributed by atoms with E-state index in [1.165, 1.54) is 18.5 Å². The maximum atomic E-state index is 2.31. The van der Waals surface area contributed by atoms with Crippen LogP contribution in [0.5, 0.6) is 0 Å². The Balaban J connectivity index is -0.000000180. The second-order valence-corrected chi connectivity index (χ2v) is 5.43. The molecule has 0 nitrogen and oxygen atoms in total. The fraction of sp³-hybridized carbons (Fsp3) is 0.857. The van der Waals surface area contributed by atoms with Crippen molar-refractivity contribution in [2.45, 2.75) is 20.8 Å². The van der Waals surface area contributed by atoms with Gasteiger partial charge in [0.05, 0.1) is 18.5 Å². The molecule has 0 saturated carbocycles. The predicted octanol–water partition coefficient (Wildman–Crippen LogP) is 2.71. The second-order valence-electron chi connectivity index (χ2n) is 1.81. The van der Waals surface area contributed by atoms with Crippen molar-refractivity contribution in [1.29, 1.82) is 0 Å². The van der Waals surface area contributed by atoms with E-state index in [0.29, 0.717) is 0 Å². The number of rotatable bonds is 3. The number of hydrogen-bond donors (Lipinski definition) is 0. The summed E-state index contributed by atoms with van der Waals surface area (Å²) in [6.45, 7) is 6.92. The van der Waals surface area contributed by atoms with Crippen molar-refractivity contribution >= 4 is 7.92 Å². The molecular formula is C7H19AuP+. The standard InChI is InChI=1S/C6H15P.CH3.Au/c1-4-7(5-2)6-3;;/h4-6H2,1-3H3;1H3;/q;-1;+1/p+1. The van der Waals surface area contributed by atoms with Crippen LogP contribution in [0.15, 0.2) is 0 Å². The van der Waals surface area contributed by atoms with Crippen LogP contribution in [0.3, 0.4) is 0 Å². The van der Waals surface area contributed by atoms with Crippen molar-refractivity contribution < 1.29 is 22.4 Å². The molecule has 0 heterocycles. The summed E-state index contributed by atoms with van der Waals surface area (Å²) in [5.41, 5.74) is 0. The zero-order valence-corrected chi connectivity index (χ0v) is 10.1. The van der Waals surface area contributed by atoms with E-state index in [4.69, 9.17) is 0 Å². The summed E-state index contributed by atoms with van der Waals surface area (Å²) in [4.78, 5) is 0. The van der Waals surface area contributed by atoms with Gasteiger partial charge in [-0.15, -0.1) is 0 Å². The van der Waals surface area contributed by atoms with Crippen molar-refractivity contribution in [3.8, 4) is 0 Å². The summed E-state index contributed by atoms with van der Waals surface area (Å²) >= 11 is 0. The first-order valence-electron chi connectivity index (χ1n) is 3.18. The number of hydrogen-bond acceptors (Lipinski definition) is 0. The van der Waals surface area contributed by atoms with Gasteiger partial charge in [0, 0.05) is 0 Å². The topological polar surface area (TPSA) is 0 Å². The molecule has 9 heavy (non-hydrogen) atoms. The van der Waals surface area contributed by atoms with Gasteiger partial charge in [0.1, 0.15) is 0 Å². The molecule has 0 aliphatic heterocycles. The SMILES string of the molecule is CC[PH+](CC)CC.[Au+].[CH3-]. The Morgan fingerprint density at radius 2 is 1.11 bits per heavy atom. The van der Waals surface area contributed by atoms with Crippen LogP contribution in [-0.4, -0.2) is 18.5 Å². The van der Waals surface area contributed by atoms with E-state index >= 15 is 0 Å². The molecule has 0 aromatic carbocycles. The van der Waals surface area contributed by atoms with Crippen LogP contribution >= 0.6 is 7.92 Å². The molecule has 0 fully saturated rings. The van der Waals surface area contributed by atoms with Crippen molar-refractivity contribution in [3.05, 3.63) is 7.43 Å². The normalized spacial score (nSPS) is 8.00. The van der Waals surface area contributed by atoms with Crippen LogP contribution in [0.25, 0.3) is 0 Å². The third-order valence-electron chi connectivity index (χ3n) is 1.50. The van der Waals surface area contributed by atoms with Gasteiger partial charge >= 0.3 is 22.4 Å². The van der Waals surface area contributed by atoms with Crippen LogP contribution in [0, 0.1) is 7.43 Å². The maximum Gasteiger partial charge on any atom is 1.00 e. The summed E-state index contributed by atoms with van der Waals surface area (Å²) in [6, 6.07) is 0. The zero-order valence-electron chi connectivity index (χ0n) is 6.92. The van der Waals surface area contributed by atoms with Crippen molar-refractivity contribution in [2.75, 3.05) is 18.5 Å². The molecule has 0 amide bonds. The molecule has 0 unspecified atom stereocenters. The van der Waals surface area contributed by atoms with Gasteiger partial charge in [-0.1, -0.05) is 0 Å². The van der Waals surface area contributed by atoms with Crippen LogP contribution < -0.4 is 0 Å². The molecule has 0 aliphatic rings. The molecule has 0 rings (SSSR count). The molecule has 0 bridgehead atoms. The Morgan fingerprint density at radius 3 is 1.11 bits per heavy atom. The minimum Gasteiger partial charge on any atom is -0.358 e. The van der Waals surface area contributed by atoms with E-state index in [2.05, 4.69) is 20.8 Å². The van der Waals surface area contributed by atoms with Crippen LogP contribution in [0.1, 0.15) is 20.8 Å². The maximum absolute atomic E-state index is 2.31. The van der Waals surface area contributed by atoms with Gasteiger partial charge in [-0.05, 0) is 28.7 Å². The molecule has 0 atom stereocenters. The van der Waals surface area contributed by atoms with E-state index in [0.717, 1.165) is 0 Å². The zero-order chi connectivity index (χ0) is 5.70. The fourth-order valence-corrected chi connectivity index (χ4v) is 2.25. The second kappa shape index (κ2) is 11.9. The molecule has 0 aliphatic carbocycles. The molecular weight excluding hydrogens is 312 g/mol. The van der Waals surface area contributed by atoms with E-state index < -0.39 is 0 Å². The molecule has 0 saturated heterocycles. The summed E-state index contributed by atoms with van der Waals surface area (Å²) in [5.74, 6) is 0. The fourth-order valence-electron chi connectivity index (χ4n) is 0.750. The average molecular weight is 331 g/mol. The predicted molar refractivity (Wildman–Crippen MR) is 46.4 cm³/mol. The Morgan fingerprint density at radius 1 is 0.889 bits per heavy atom. The Kier molecular flexibility index (Phi) is 22.0. The monoisotopic (exact) mass is 331 g/mol. The van der Waals surface area contributed by atoms with Gasteiger partial charge in [-0.2, -0.15) is 0 Å². The summed E-state index contributed by atoms with van der Waals surface area (Å²) in [6.07, 6.45) is 4.37. The molecule has 62 valence electrons. The first-order chi connectivity index (χ1) is 3.35. The third kappa shape index (κ3) is 9.17. The average Bonchev–Trinajstić information content (AvgIpc) is 1.72. The Hall–Kier alpha value is 1.17. The molecule has 0 aromatic rings. The molecule has 0 N–H and O–H groups in total. The van der Waals surface area contributed by atoms with Crippen molar-refractivity contribution in [1.82, 2.24) is 0 Å².